The summed E-state index contributed by atoms with van der Waals surface area (Å²) in [4.78, 5) is 12.3. The first-order valence-corrected chi connectivity index (χ1v) is 15.9. The number of fused-ring (bicyclic) bond motifs is 3. The van der Waals surface area contributed by atoms with Crippen molar-refractivity contribution in [3.05, 3.63) is 47.9 Å². The van der Waals surface area contributed by atoms with Gasteiger partial charge in [0.2, 0.25) is 9.84 Å². The maximum atomic E-state index is 13.8. The van der Waals surface area contributed by atoms with E-state index in [0.717, 1.165) is 30.9 Å². The van der Waals surface area contributed by atoms with Crippen molar-refractivity contribution in [3.63, 3.8) is 0 Å². The Labute approximate surface area is 222 Å². The van der Waals surface area contributed by atoms with E-state index in [9.17, 15) is 21.9 Å². The van der Waals surface area contributed by atoms with Gasteiger partial charge in [0.15, 0.2) is 5.03 Å². The second-order valence-electron chi connectivity index (χ2n) is 10.2. The average Bonchev–Trinajstić information content (AvgIpc) is 3.51. The largest absolute Gasteiger partial charge is 0.388 e. The Bertz CT molecular complexity index is 1720. The third-order valence-electron chi connectivity index (χ3n) is 7.87. The normalized spacial score (nSPS) is 20.9. The van der Waals surface area contributed by atoms with Gasteiger partial charge in [0.05, 0.1) is 23.3 Å². The van der Waals surface area contributed by atoms with Crippen molar-refractivity contribution in [1.29, 1.82) is 0 Å². The summed E-state index contributed by atoms with van der Waals surface area (Å²) in [5.41, 5.74) is 1.62. The van der Waals surface area contributed by atoms with E-state index in [1.54, 1.807) is 37.4 Å². The molecule has 1 aliphatic carbocycles. The number of pyridine rings is 1. The summed E-state index contributed by atoms with van der Waals surface area (Å²) in [5.74, 6) is 0.373. The zero-order valence-electron chi connectivity index (χ0n) is 21.6. The molecule has 3 heterocycles. The fourth-order valence-corrected chi connectivity index (χ4v) is 7.67. The van der Waals surface area contributed by atoms with Crippen LogP contribution >= 0.6 is 0 Å². The zero-order chi connectivity index (χ0) is 27.3. The maximum Gasteiger partial charge on any atom is 0.264 e. The fourth-order valence-electron chi connectivity index (χ4n) is 5.64. The molecular formula is C26H32N4O6S2. The second kappa shape index (κ2) is 9.74. The van der Waals surface area contributed by atoms with Gasteiger partial charge in [0.1, 0.15) is 23.6 Å². The molecule has 0 spiro atoms. The van der Waals surface area contributed by atoms with Gasteiger partial charge in [-0.15, -0.1) is 0 Å². The van der Waals surface area contributed by atoms with Gasteiger partial charge in [-0.2, -0.15) is 8.42 Å². The molecular weight excluding hydrogens is 528 g/mol. The number of hydrogen-bond donors (Lipinski definition) is 2. The van der Waals surface area contributed by atoms with Crippen LogP contribution in [0, 0.1) is 12.3 Å². The van der Waals surface area contributed by atoms with Crippen molar-refractivity contribution in [1.82, 2.24) is 19.5 Å². The molecule has 3 aromatic heterocycles. The highest BCUT2D eigenvalue weighted by molar-refractivity contribution is 7.91. The summed E-state index contributed by atoms with van der Waals surface area (Å²) in [7, 11) is -7.56. The highest BCUT2D eigenvalue weighted by atomic mass is 32.2. The predicted octanol–water partition coefficient (Wildman–Crippen LogP) is 4.03. The second-order valence-corrected chi connectivity index (χ2v) is 13.7. The molecule has 0 saturated heterocycles. The minimum Gasteiger partial charge on any atom is -0.388 e. The monoisotopic (exact) mass is 560 g/mol. The van der Waals surface area contributed by atoms with Crippen LogP contribution in [-0.2, 0) is 30.7 Å². The average molecular weight is 561 g/mol. The van der Waals surface area contributed by atoms with Gasteiger partial charge >= 0.3 is 0 Å². The number of aliphatic hydroxyl groups is 1. The number of H-pyrrole nitrogens is 1. The standard InChI is InChI=1S/C26H32N4O6S2/c1-4-26(16-36-37(3,32)33)12-9-18(10-13-26)30-21(15-31)28-22-23(30)19-11-14-27-24(19)29-25(22)38(34,35)20-8-6-5-7-17(20)2/h5-8,11,14,18,31H,4,9-10,12-13,15-16H2,1-3H3,(H,27,29). The summed E-state index contributed by atoms with van der Waals surface area (Å²) in [6.07, 6.45) is 6.40. The van der Waals surface area contributed by atoms with Gasteiger partial charge in [-0.1, -0.05) is 25.1 Å². The molecule has 1 fully saturated rings. The summed E-state index contributed by atoms with van der Waals surface area (Å²) < 4.78 is 58.1. The molecule has 204 valence electrons. The highest BCUT2D eigenvalue weighted by Crippen LogP contribution is 2.46. The van der Waals surface area contributed by atoms with Crippen LogP contribution in [0.3, 0.4) is 0 Å². The van der Waals surface area contributed by atoms with Gasteiger partial charge in [-0.25, -0.2) is 18.4 Å². The zero-order valence-corrected chi connectivity index (χ0v) is 23.3. The summed E-state index contributed by atoms with van der Waals surface area (Å²) in [6.45, 7) is 3.55. The summed E-state index contributed by atoms with van der Waals surface area (Å²) in [5, 5.41) is 10.9. The SMILES string of the molecule is CCC1(COS(C)(=O)=O)CCC(n2c(CO)nc3c(S(=O)(=O)c4ccccc4C)nc4[nH]ccc4c32)CC1. The van der Waals surface area contributed by atoms with E-state index >= 15 is 0 Å². The first kappa shape index (κ1) is 26.8. The van der Waals surface area contributed by atoms with Gasteiger partial charge in [-0.05, 0) is 62.1 Å². The molecule has 38 heavy (non-hydrogen) atoms. The smallest absolute Gasteiger partial charge is 0.264 e. The molecule has 5 rings (SSSR count). The van der Waals surface area contributed by atoms with Gasteiger partial charge < -0.3 is 14.7 Å². The molecule has 0 unspecified atom stereocenters. The number of rotatable bonds is 8. The molecule has 1 aliphatic rings. The van der Waals surface area contributed by atoms with E-state index in [1.165, 1.54) is 0 Å². The number of aromatic nitrogens is 4. The van der Waals surface area contributed by atoms with Crippen molar-refractivity contribution < 1.29 is 26.1 Å². The Morgan fingerprint density at radius 3 is 2.47 bits per heavy atom. The quantitative estimate of drug-likeness (QED) is 0.307. The molecule has 4 aromatic rings. The Morgan fingerprint density at radius 2 is 1.84 bits per heavy atom. The van der Waals surface area contributed by atoms with Crippen LogP contribution in [0.25, 0.3) is 22.1 Å². The number of aryl methyl sites for hydroxylation is 1. The lowest BCUT2D eigenvalue weighted by Gasteiger charge is -2.40. The Hall–Kier alpha value is -2.80. The number of sulfone groups is 1. The first-order valence-electron chi connectivity index (χ1n) is 12.6. The van der Waals surface area contributed by atoms with E-state index < -0.39 is 20.0 Å². The third-order valence-corrected chi connectivity index (χ3v) is 10.2. The van der Waals surface area contributed by atoms with Crippen LogP contribution in [-0.4, -0.2) is 54.3 Å². The predicted molar refractivity (Wildman–Crippen MR) is 143 cm³/mol. The molecule has 0 aliphatic heterocycles. The molecule has 12 heteroatoms. The van der Waals surface area contributed by atoms with Crippen LogP contribution in [0.1, 0.15) is 56.5 Å². The number of benzene rings is 1. The molecule has 0 radical (unpaired) electrons. The molecule has 1 aromatic carbocycles. The number of nitrogens with one attached hydrogen (secondary N) is 1. The Morgan fingerprint density at radius 1 is 1.13 bits per heavy atom. The minimum absolute atomic E-state index is 0.0606. The van der Waals surface area contributed by atoms with E-state index in [1.807, 2.05) is 17.6 Å². The van der Waals surface area contributed by atoms with Crippen LogP contribution in [0.4, 0.5) is 0 Å². The van der Waals surface area contributed by atoms with Crippen molar-refractivity contribution in [2.45, 2.75) is 68.5 Å². The topological polar surface area (TPSA) is 144 Å². The molecule has 0 amide bonds. The van der Waals surface area contributed by atoms with Gasteiger partial charge in [-0.3, -0.25) is 4.18 Å². The van der Waals surface area contributed by atoms with E-state index in [4.69, 9.17) is 4.18 Å². The van der Waals surface area contributed by atoms with Gasteiger partial charge in [0.25, 0.3) is 10.1 Å². The molecule has 0 bridgehead atoms. The number of imidazole rings is 1. The molecule has 0 atom stereocenters. The van der Waals surface area contributed by atoms with Crippen LogP contribution < -0.4 is 0 Å². The highest BCUT2D eigenvalue weighted by Gasteiger charge is 2.38. The van der Waals surface area contributed by atoms with Crippen LogP contribution in [0.2, 0.25) is 0 Å². The lowest BCUT2D eigenvalue weighted by Crippen LogP contribution is -2.33. The molecule has 2 N–H and O–H groups in total. The lowest BCUT2D eigenvalue weighted by atomic mass is 9.71. The maximum absolute atomic E-state index is 13.8. The number of nitrogens with zero attached hydrogens (tertiary/aromatic N) is 3. The summed E-state index contributed by atoms with van der Waals surface area (Å²) >= 11 is 0. The lowest BCUT2D eigenvalue weighted by molar-refractivity contribution is 0.0780. The minimum atomic E-state index is -4.01. The van der Waals surface area contributed by atoms with E-state index in [2.05, 4.69) is 15.0 Å². The van der Waals surface area contributed by atoms with Crippen LogP contribution in [0.5, 0.6) is 0 Å². The van der Waals surface area contributed by atoms with E-state index in [0.29, 0.717) is 35.4 Å². The molecule has 1 saturated carbocycles. The van der Waals surface area contributed by atoms with Crippen molar-refractivity contribution >= 4 is 42.0 Å². The third kappa shape index (κ3) is 4.63. The number of aromatic amines is 1. The van der Waals surface area contributed by atoms with Gasteiger partial charge in [0, 0.05) is 17.6 Å². The first-order chi connectivity index (χ1) is 18.0. The van der Waals surface area contributed by atoms with Crippen molar-refractivity contribution in [3.8, 4) is 0 Å². The summed E-state index contributed by atoms with van der Waals surface area (Å²) in [6, 6.07) is 8.54. The van der Waals surface area contributed by atoms with Crippen molar-refractivity contribution in [2.75, 3.05) is 12.9 Å². The fraction of sp³-hybridized carbons (Fsp3) is 0.462. The number of aliphatic hydroxyl groups excluding tert-OH is 1. The molecule has 10 nitrogen and oxygen atoms in total. The van der Waals surface area contributed by atoms with Crippen LogP contribution in [0.15, 0.2) is 46.5 Å². The Kier molecular flexibility index (Phi) is 6.87. The van der Waals surface area contributed by atoms with E-state index in [-0.39, 0.29) is 40.1 Å². The Balaban J connectivity index is 1.63. The number of hydrogen-bond acceptors (Lipinski definition) is 8. The van der Waals surface area contributed by atoms with Crippen molar-refractivity contribution in [2.24, 2.45) is 5.41 Å².